The van der Waals surface area contributed by atoms with E-state index in [0.717, 1.165) is 24.2 Å². The molecule has 4 rings (SSSR count). The molecule has 2 saturated carbocycles. The molecule has 0 radical (unpaired) electrons. The Labute approximate surface area is 148 Å². The molecular weight excluding hydrogens is 312 g/mol. The second-order valence-corrected chi connectivity index (χ2v) is 7.59. The molecule has 1 aromatic heterocycles. The fourth-order valence-corrected chi connectivity index (χ4v) is 4.65. The van der Waals surface area contributed by atoms with Gasteiger partial charge >= 0.3 is 0 Å². The number of carbonyl (C=O) groups excluding carboxylic acids is 1. The van der Waals surface area contributed by atoms with Crippen LogP contribution in [-0.2, 0) is 0 Å². The highest BCUT2D eigenvalue weighted by molar-refractivity contribution is 5.95. The number of hydrogen-bond donors (Lipinski definition) is 2. The summed E-state index contributed by atoms with van der Waals surface area (Å²) in [5.41, 5.74) is 8.58. The molecule has 5 nitrogen and oxygen atoms in total. The van der Waals surface area contributed by atoms with Crippen LogP contribution in [0, 0.1) is 18.8 Å². The van der Waals surface area contributed by atoms with E-state index in [1.165, 1.54) is 19.3 Å². The molecule has 25 heavy (non-hydrogen) atoms. The average Bonchev–Trinajstić information content (AvgIpc) is 2.98. The Morgan fingerprint density at radius 1 is 1.20 bits per heavy atom. The Balaban J connectivity index is 1.53. The molecule has 1 amide bonds. The van der Waals surface area contributed by atoms with Gasteiger partial charge in [0.15, 0.2) is 0 Å². The Morgan fingerprint density at radius 2 is 1.88 bits per heavy atom. The molecule has 3 N–H and O–H groups in total. The number of aromatic nitrogens is 2. The number of hydrogen-bond acceptors (Lipinski definition) is 3. The van der Waals surface area contributed by atoms with Crippen LogP contribution in [0.3, 0.4) is 0 Å². The molecule has 1 heterocycles. The molecule has 1 aromatic carbocycles. The summed E-state index contributed by atoms with van der Waals surface area (Å²) in [4.78, 5) is 12.9. The lowest BCUT2D eigenvalue weighted by atomic mass is 9.67. The van der Waals surface area contributed by atoms with Crippen molar-refractivity contribution in [2.75, 3.05) is 0 Å². The molecule has 0 saturated heterocycles. The number of amides is 1. The van der Waals surface area contributed by atoms with E-state index in [-0.39, 0.29) is 11.9 Å². The summed E-state index contributed by atoms with van der Waals surface area (Å²) >= 11 is 0. The lowest BCUT2D eigenvalue weighted by Gasteiger charge is -2.45. The zero-order valence-corrected chi connectivity index (χ0v) is 14.7. The average molecular weight is 338 g/mol. The molecule has 0 aliphatic heterocycles. The van der Waals surface area contributed by atoms with Crippen molar-refractivity contribution < 1.29 is 4.79 Å². The van der Waals surface area contributed by atoms with Gasteiger partial charge in [0.1, 0.15) is 0 Å². The first-order valence-electron chi connectivity index (χ1n) is 9.30. The van der Waals surface area contributed by atoms with Gasteiger partial charge in [-0.3, -0.25) is 4.79 Å². The van der Waals surface area contributed by atoms with Crippen molar-refractivity contribution in [1.82, 2.24) is 15.1 Å². The van der Waals surface area contributed by atoms with Crippen LogP contribution in [0.5, 0.6) is 0 Å². The van der Waals surface area contributed by atoms with Gasteiger partial charge in [-0.1, -0.05) is 24.6 Å². The van der Waals surface area contributed by atoms with Gasteiger partial charge in [-0.2, -0.15) is 5.10 Å². The van der Waals surface area contributed by atoms with Gasteiger partial charge in [0.2, 0.25) is 0 Å². The second-order valence-electron chi connectivity index (χ2n) is 7.59. The van der Waals surface area contributed by atoms with Gasteiger partial charge in [-0.15, -0.1) is 0 Å². The standard InChI is InChI=1S/C20H26N4O/c1-13-18(12-24(23-13)17-8-3-2-4-9-17)20(25)22-19-14-6-5-7-15(19)11-16(21)10-14/h2-4,8-9,12,14-16,19H,5-7,10-11,21H2,1H3,(H,22,25). The van der Waals surface area contributed by atoms with Gasteiger partial charge in [-0.05, 0) is 56.6 Å². The van der Waals surface area contributed by atoms with E-state index >= 15 is 0 Å². The molecule has 2 atom stereocenters. The number of para-hydroxylation sites is 1. The van der Waals surface area contributed by atoms with Crippen molar-refractivity contribution in [2.45, 2.75) is 51.1 Å². The molecule has 132 valence electrons. The maximum Gasteiger partial charge on any atom is 0.254 e. The molecule has 0 spiro atoms. The van der Waals surface area contributed by atoms with Crippen LogP contribution in [0.15, 0.2) is 36.5 Å². The normalized spacial score (nSPS) is 28.6. The van der Waals surface area contributed by atoms with E-state index in [0.29, 0.717) is 23.4 Å². The van der Waals surface area contributed by atoms with Crippen molar-refractivity contribution in [3.05, 3.63) is 47.8 Å². The monoisotopic (exact) mass is 338 g/mol. The van der Waals surface area contributed by atoms with Crippen LogP contribution >= 0.6 is 0 Å². The van der Waals surface area contributed by atoms with Crippen molar-refractivity contribution in [3.8, 4) is 5.69 Å². The summed E-state index contributed by atoms with van der Waals surface area (Å²) in [7, 11) is 0. The van der Waals surface area contributed by atoms with Gasteiger partial charge in [-0.25, -0.2) is 4.68 Å². The summed E-state index contributed by atoms with van der Waals surface area (Å²) in [6, 6.07) is 10.4. The Hall–Kier alpha value is -2.14. The summed E-state index contributed by atoms with van der Waals surface area (Å²) in [6.07, 6.45) is 7.52. The summed E-state index contributed by atoms with van der Waals surface area (Å²) in [6.45, 7) is 1.89. The Kier molecular flexibility index (Phi) is 4.34. The van der Waals surface area contributed by atoms with Crippen LogP contribution in [0.1, 0.15) is 48.2 Å². The number of nitrogens with two attached hydrogens (primary N) is 1. The first-order chi connectivity index (χ1) is 12.1. The number of fused-ring (bicyclic) bond motifs is 2. The molecule has 2 bridgehead atoms. The second kappa shape index (κ2) is 6.64. The number of rotatable bonds is 3. The van der Waals surface area contributed by atoms with E-state index in [1.54, 1.807) is 4.68 Å². The lowest BCUT2D eigenvalue weighted by Crippen LogP contribution is -2.53. The molecule has 2 aromatic rings. The third-order valence-electron chi connectivity index (χ3n) is 5.84. The summed E-state index contributed by atoms with van der Waals surface area (Å²) in [5, 5.41) is 7.83. The highest BCUT2D eigenvalue weighted by Crippen LogP contribution is 2.39. The van der Waals surface area contributed by atoms with E-state index in [1.807, 2.05) is 43.5 Å². The SMILES string of the molecule is Cc1nn(-c2ccccc2)cc1C(=O)NC1C2CCCC1CC(N)C2. The molecular formula is C20H26N4O. The molecule has 2 aliphatic carbocycles. The van der Waals surface area contributed by atoms with Gasteiger partial charge < -0.3 is 11.1 Å². The zero-order valence-electron chi connectivity index (χ0n) is 14.7. The van der Waals surface area contributed by atoms with E-state index < -0.39 is 0 Å². The number of nitrogens with one attached hydrogen (secondary N) is 1. The van der Waals surface area contributed by atoms with E-state index in [4.69, 9.17) is 5.73 Å². The predicted octanol–water partition coefficient (Wildman–Crippen LogP) is 2.82. The number of aryl methyl sites for hydroxylation is 1. The third kappa shape index (κ3) is 3.21. The first kappa shape index (κ1) is 16.3. The van der Waals surface area contributed by atoms with Crippen LogP contribution < -0.4 is 11.1 Å². The maximum absolute atomic E-state index is 12.9. The van der Waals surface area contributed by atoms with Crippen LogP contribution in [0.2, 0.25) is 0 Å². The largest absolute Gasteiger partial charge is 0.349 e. The van der Waals surface area contributed by atoms with Crippen molar-refractivity contribution >= 4 is 5.91 Å². The van der Waals surface area contributed by atoms with Gasteiger partial charge in [0, 0.05) is 18.3 Å². The fourth-order valence-electron chi connectivity index (χ4n) is 4.65. The van der Waals surface area contributed by atoms with Gasteiger partial charge in [0.25, 0.3) is 5.91 Å². The minimum absolute atomic E-state index is 0.00273. The maximum atomic E-state index is 12.9. The Bertz CT molecular complexity index is 740. The molecule has 5 heteroatoms. The lowest BCUT2D eigenvalue weighted by molar-refractivity contribution is 0.0755. The molecule has 2 aliphatic rings. The predicted molar refractivity (Wildman–Crippen MR) is 97.6 cm³/mol. The topological polar surface area (TPSA) is 72.9 Å². The number of nitrogens with zero attached hydrogens (tertiary/aromatic N) is 2. The fraction of sp³-hybridized carbons (Fsp3) is 0.500. The number of benzene rings is 1. The smallest absolute Gasteiger partial charge is 0.254 e. The van der Waals surface area contributed by atoms with Crippen LogP contribution in [0.4, 0.5) is 0 Å². The summed E-state index contributed by atoms with van der Waals surface area (Å²) < 4.78 is 1.78. The van der Waals surface area contributed by atoms with Crippen molar-refractivity contribution in [1.29, 1.82) is 0 Å². The van der Waals surface area contributed by atoms with E-state index in [9.17, 15) is 4.79 Å². The third-order valence-corrected chi connectivity index (χ3v) is 5.84. The van der Waals surface area contributed by atoms with Gasteiger partial charge in [0.05, 0.1) is 16.9 Å². The molecule has 2 fully saturated rings. The Morgan fingerprint density at radius 3 is 2.56 bits per heavy atom. The quantitative estimate of drug-likeness (QED) is 0.904. The number of carbonyl (C=O) groups is 1. The minimum Gasteiger partial charge on any atom is -0.349 e. The highest BCUT2D eigenvalue weighted by atomic mass is 16.1. The summed E-state index contributed by atoms with van der Waals surface area (Å²) in [5.74, 6) is 1.05. The van der Waals surface area contributed by atoms with E-state index in [2.05, 4.69) is 10.4 Å². The first-order valence-corrected chi connectivity index (χ1v) is 9.30. The van der Waals surface area contributed by atoms with Crippen LogP contribution in [0.25, 0.3) is 5.69 Å². The highest BCUT2D eigenvalue weighted by Gasteiger charge is 2.40. The minimum atomic E-state index is -0.00273. The van der Waals surface area contributed by atoms with Crippen molar-refractivity contribution in [3.63, 3.8) is 0 Å². The van der Waals surface area contributed by atoms with Crippen molar-refractivity contribution in [2.24, 2.45) is 17.6 Å². The van der Waals surface area contributed by atoms with Crippen LogP contribution in [-0.4, -0.2) is 27.8 Å². The molecule has 2 unspecified atom stereocenters. The zero-order chi connectivity index (χ0) is 17.4.